The van der Waals surface area contributed by atoms with E-state index in [2.05, 4.69) is 17.3 Å². The van der Waals surface area contributed by atoms with E-state index in [0.29, 0.717) is 12.6 Å². The van der Waals surface area contributed by atoms with Gasteiger partial charge in [-0.05, 0) is 19.1 Å². The third kappa shape index (κ3) is 5.01. The first-order valence-corrected chi connectivity index (χ1v) is 6.80. The van der Waals surface area contributed by atoms with Crippen molar-refractivity contribution in [2.45, 2.75) is 19.4 Å². The van der Waals surface area contributed by atoms with Crippen LogP contribution >= 0.6 is 11.8 Å². The molecule has 1 rings (SSSR count). The second-order valence-corrected chi connectivity index (χ2v) is 5.04. The highest BCUT2D eigenvalue weighted by atomic mass is 32.2. The Morgan fingerprint density at radius 1 is 1.56 bits per heavy atom. The number of nitrogens with one attached hydrogen (secondary N) is 1. The highest BCUT2D eigenvalue weighted by Crippen LogP contribution is 2.10. The van der Waals surface area contributed by atoms with Gasteiger partial charge in [0.15, 0.2) is 0 Å². The molecule has 0 saturated carbocycles. The minimum atomic E-state index is 0.298. The van der Waals surface area contributed by atoms with Crippen molar-refractivity contribution >= 4 is 11.8 Å². The number of aryl methyl sites for hydroxylation is 1. The van der Waals surface area contributed by atoms with Crippen molar-refractivity contribution in [3.05, 3.63) is 18.0 Å². The van der Waals surface area contributed by atoms with Gasteiger partial charge in [0.1, 0.15) is 0 Å². The van der Waals surface area contributed by atoms with Gasteiger partial charge in [0.2, 0.25) is 0 Å². The summed E-state index contributed by atoms with van der Waals surface area (Å²) < 4.78 is 1.82. The Morgan fingerprint density at radius 2 is 2.38 bits per heavy atom. The van der Waals surface area contributed by atoms with Crippen LogP contribution in [0.5, 0.6) is 0 Å². The fourth-order valence-corrected chi connectivity index (χ4v) is 2.20. The van der Waals surface area contributed by atoms with Crippen LogP contribution in [0.15, 0.2) is 12.4 Å². The molecule has 0 amide bonds. The predicted molar refractivity (Wildman–Crippen MR) is 68.7 cm³/mol. The van der Waals surface area contributed by atoms with Crippen LogP contribution in [-0.4, -0.2) is 39.5 Å². The molecule has 92 valence electrons. The highest BCUT2D eigenvalue weighted by Gasteiger charge is 2.05. The monoisotopic (exact) mass is 243 g/mol. The smallest absolute Gasteiger partial charge is 0.0537 e. The first-order chi connectivity index (χ1) is 7.74. The maximum atomic E-state index is 8.62. The van der Waals surface area contributed by atoms with Gasteiger partial charge < -0.3 is 10.4 Å². The third-order valence-electron chi connectivity index (χ3n) is 2.37. The van der Waals surface area contributed by atoms with E-state index < -0.39 is 0 Å². The van der Waals surface area contributed by atoms with E-state index in [-0.39, 0.29) is 0 Å². The third-order valence-corrected chi connectivity index (χ3v) is 3.44. The van der Waals surface area contributed by atoms with Crippen molar-refractivity contribution in [3.63, 3.8) is 0 Å². The number of aromatic nitrogens is 2. The average Bonchev–Trinajstić information content (AvgIpc) is 2.70. The summed E-state index contributed by atoms with van der Waals surface area (Å²) in [6, 6.07) is 0.354. The van der Waals surface area contributed by atoms with E-state index in [0.717, 1.165) is 24.5 Å². The molecule has 0 aromatic carbocycles. The maximum absolute atomic E-state index is 8.62. The summed E-state index contributed by atoms with van der Waals surface area (Å²) in [4.78, 5) is 0. The Balaban J connectivity index is 2.09. The van der Waals surface area contributed by atoms with Gasteiger partial charge in [-0.15, -0.1) is 0 Å². The van der Waals surface area contributed by atoms with Crippen molar-refractivity contribution in [2.75, 3.05) is 24.7 Å². The largest absolute Gasteiger partial charge is 0.396 e. The summed E-state index contributed by atoms with van der Waals surface area (Å²) in [6.45, 7) is 3.44. The zero-order chi connectivity index (χ0) is 11.8. The van der Waals surface area contributed by atoms with Crippen molar-refractivity contribution in [3.8, 4) is 0 Å². The molecule has 0 saturated heterocycles. The van der Waals surface area contributed by atoms with Crippen LogP contribution in [-0.2, 0) is 7.05 Å². The first kappa shape index (κ1) is 13.5. The van der Waals surface area contributed by atoms with E-state index in [4.69, 9.17) is 5.11 Å². The normalized spacial score (nSPS) is 12.9. The molecule has 1 aromatic rings. The van der Waals surface area contributed by atoms with Gasteiger partial charge >= 0.3 is 0 Å². The Kier molecular flexibility index (Phi) is 6.52. The van der Waals surface area contributed by atoms with Crippen LogP contribution in [0.2, 0.25) is 0 Å². The maximum Gasteiger partial charge on any atom is 0.0537 e. The topological polar surface area (TPSA) is 50.1 Å². The molecule has 0 radical (unpaired) electrons. The van der Waals surface area contributed by atoms with E-state index in [9.17, 15) is 0 Å². The van der Waals surface area contributed by atoms with Gasteiger partial charge in [0.25, 0.3) is 0 Å². The molecule has 0 bridgehead atoms. The SMILES string of the molecule is CC(NCCSCCCO)c1cnn(C)c1. The van der Waals surface area contributed by atoms with Crippen LogP contribution in [0.25, 0.3) is 0 Å². The van der Waals surface area contributed by atoms with Crippen LogP contribution in [0, 0.1) is 0 Å². The summed E-state index contributed by atoms with van der Waals surface area (Å²) in [5.41, 5.74) is 1.22. The fourth-order valence-electron chi connectivity index (χ4n) is 1.40. The van der Waals surface area contributed by atoms with Crippen LogP contribution < -0.4 is 5.32 Å². The van der Waals surface area contributed by atoms with E-state index in [1.807, 2.05) is 35.9 Å². The molecular formula is C11H21N3OS. The van der Waals surface area contributed by atoms with Crippen LogP contribution in [0.3, 0.4) is 0 Å². The second-order valence-electron chi connectivity index (χ2n) is 3.81. The van der Waals surface area contributed by atoms with Crippen LogP contribution in [0.4, 0.5) is 0 Å². The van der Waals surface area contributed by atoms with Gasteiger partial charge in [-0.25, -0.2) is 0 Å². The number of hydrogen-bond donors (Lipinski definition) is 2. The molecule has 0 fully saturated rings. The van der Waals surface area contributed by atoms with Gasteiger partial charge in [-0.1, -0.05) is 0 Å². The quantitative estimate of drug-likeness (QED) is 0.673. The molecular weight excluding hydrogens is 222 g/mol. The minimum absolute atomic E-state index is 0.298. The Bertz CT molecular complexity index is 291. The van der Waals surface area contributed by atoms with Gasteiger partial charge in [0, 0.05) is 43.8 Å². The number of rotatable bonds is 8. The fraction of sp³-hybridized carbons (Fsp3) is 0.727. The predicted octanol–water partition coefficient (Wildman–Crippen LogP) is 1.19. The lowest BCUT2D eigenvalue weighted by atomic mass is 10.2. The number of aliphatic hydroxyl groups is 1. The van der Waals surface area contributed by atoms with Gasteiger partial charge in [-0.3, -0.25) is 4.68 Å². The molecule has 5 heteroatoms. The lowest BCUT2D eigenvalue weighted by Crippen LogP contribution is -2.21. The summed E-state index contributed by atoms with van der Waals surface area (Å²) in [5.74, 6) is 2.13. The molecule has 4 nitrogen and oxygen atoms in total. The molecule has 16 heavy (non-hydrogen) atoms. The summed E-state index contributed by atoms with van der Waals surface area (Å²) >= 11 is 1.88. The molecule has 0 aliphatic carbocycles. The lowest BCUT2D eigenvalue weighted by molar-refractivity contribution is 0.296. The Labute approximate surface area is 101 Å². The zero-order valence-corrected chi connectivity index (χ0v) is 10.8. The minimum Gasteiger partial charge on any atom is -0.396 e. The molecule has 1 aromatic heterocycles. The van der Waals surface area contributed by atoms with Crippen LogP contribution in [0.1, 0.15) is 24.9 Å². The van der Waals surface area contributed by atoms with Crippen molar-refractivity contribution in [1.82, 2.24) is 15.1 Å². The van der Waals surface area contributed by atoms with Crippen molar-refractivity contribution in [2.24, 2.45) is 7.05 Å². The molecule has 1 heterocycles. The molecule has 0 aliphatic rings. The average molecular weight is 243 g/mol. The number of thioether (sulfide) groups is 1. The van der Waals surface area contributed by atoms with E-state index in [1.165, 1.54) is 5.56 Å². The number of aliphatic hydroxyl groups excluding tert-OH is 1. The van der Waals surface area contributed by atoms with E-state index >= 15 is 0 Å². The summed E-state index contributed by atoms with van der Waals surface area (Å²) in [6.07, 6.45) is 4.83. The Morgan fingerprint density at radius 3 is 3.00 bits per heavy atom. The zero-order valence-electron chi connectivity index (χ0n) is 10.0. The first-order valence-electron chi connectivity index (χ1n) is 5.64. The molecule has 0 spiro atoms. The second kappa shape index (κ2) is 7.70. The Hall–Kier alpha value is -0.520. The summed E-state index contributed by atoms with van der Waals surface area (Å²) in [7, 11) is 1.93. The molecule has 0 aliphatic heterocycles. The highest BCUT2D eigenvalue weighted by molar-refractivity contribution is 7.99. The van der Waals surface area contributed by atoms with Crippen molar-refractivity contribution in [1.29, 1.82) is 0 Å². The standard InChI is InChI=1S/C11H21N3OS/c1-10(11-8-13-14(2)9-11)12-4-7-16-6-3-5-15/h8-10,12,15H,3-7H2,1-2H3. The van der Waals surface area contributed by atoms with Gasteiger partial charge in [0.05, 0.1) is 6.20 Å². The number of nitrogens with zero attached hydrogens (tertiary/aromatic N) is 2. The number of hydrogen-bond acceptors (Lipinski definition) is 4. The lowest BCUT2D eigenvalue weighted by Gasteiger charge is -2.11. The molecule has 2 N–H and O–H groups in total. The van der Waals surface area contributed by atoms with Crippen molar-refractivity contribution < 1.29 is 5.11 Å². The molecule has 1 atom stereocenters. The van der Waals surface area contributed by atoms with Gasteiger partial charge in [-0.2, -0.15) is 16.9 Å². The van der Waals surface area contributed by atoms with E-state index in [1.54, 1.807) is 0 Å². The summed E-state index contributed by atoms with van der Waals surface area (Å²) in [5, 5.41) is 16.2. The molecule has 1 unspecified atom stereocenters.